The number of carbonyl (C=O) groups excluding carboxylic acids is 4. The van der Waals surface area contributed by atoms with Crippen molar-refractivity contribution >= 4 is 40.9 Å². The number of nitrogens with zero attached hydrogens (tertiary/aromatic N) is 4. The van der Waals surface area contributed by atoms with E-state index in [0.29, 0.717) is 11.4 Å². The van der Waals surface area contributed by atoms with E-state index in [0.717, 1.165) is 22.8 Å². The second kappa shape index (κ2) is 8.56. The van der Waals surface area contributed by atoms with Gasteiger partial charge in [-0.3, -0.25) is 29.4 Å². The number of hydrogen-bond donors (Lipinski definition) is 2. The standard InChI is InChI=1S/C25H21ClN6O4/c26-14-5-6-16-13(10-14)4-7-19(16)31-12-15(29-30-31)11-27-18-3-1-2-17-22(18)25(36)32(24(17)35)20-8-9-21(33)28-23(20)34/h1-3,5-6,10,12,19-20,27H,4,7-9,11H2,(H,28,33,34)/t19-,20?/m1/s1. The number of aromatic nitrogens is 3. The molecule has 0 radical (unpaired) electrons. The van der Waals surface area contributed by atoms with Crippen LogP contribution in [0.15, 0.2) is 42.6 Å². The van der Waals surface area contributed by atoms with Gasteiger partial charge in [-0.05, 0) is 54.7 Å². The van der Waals surface area contributed by atoms with Crippen LogP contribution in [-0.2, 0) is 22.6 Å². The fraction of sp³-hybridized carbons (Fsp3) is 0.280. The number of rotatable bonds is 5. The van der Waals surface area contributed by atoms with E-state index in [1.54, 1.807) is 18.2 Å². The lowest BCUT2D eigenvalue weighted by molar-refractivity contribution is -0.136. The maximum Gasteiger partial charge on any atom is 0.264 e. The summed E-state index contributed by atoms with van der Waals surface area (Å²) in [6, 6.07) is 9.92. The Morgan fingerprint density at radius 1 is 1.03 bits per heavy atom. The lowest BCUT2D eigenvalue weighted by atomic mass is 10.0. The third kappa shape index (κ3) is 3.65. The predicted molar refractivity (Wildman–Crippen MR) is 128 cm³/mol. The highest BCUT2D eigenvalue weighted by molar-refractivity contribution is 6.30. The number of benzene rings is 2. The number of imide groups is 2. The van der Waals surface area contributed by atoms with Gasteiger partial charge >= 0.3 is 0 Å². The summed E-state index contributed by atoms with van der Waals surface area (Å²) in [5.41, 5.74) is 3.97. The summed E-state index contributed by atoms with van der Waals surface area (Å²) in [4.78, 5) is 51.0. The van der Waals surface area contributed by atoms with Crippen molar-refractivity contribution < 1.29 is 19.2 Å². The van der Waals surface area contributed by atoms with Crippen molar-refractivity contribution in [2.24, 2.45) is 0 Å². The van der Waals surface area contributed by atoms with Gasteiger partial charge in [0.05, 0.1) is 29.9 Å². The average molecular weight is 505 g/mol. The average Bonchev–Trinajstić information content (AvgIpc) is 3.55. The Morgan fingerprint density at radius 3 is 2.69 bits per heavy atom. The first-order valence-corrected chi connectivity index (χ1v) is 12.1. The van der Waals surface area contributed by atoms with Crippen molar-refractivity contribution in [2.75, 3.05) is 5.32 Å². The summed E-state index contributed by atoms with van der Waals surface area (Å²) >= 11 is 6.12. The number of hydrogen-bond acceptors (Lipinski definition) is 7. The molecule has 10 nitrogen and oxygen atoms in total. The normalized spacial score (nSPS) is 21.0. The van der Waals surface area contributed by atoms with Crippen LogP contribution in [0.25, 0.3) is 0 Å². The maximum atomic E-state index is 13.2. The van der Waals surface area contributed by atoms with Crippen molar-refractivity contribution in [1.29, 1.82) is 0 Å². The molecule has 1 fully saturated rings. The van der Waals surface area contributed by atoms with Crippen LogP contribution in [0.3, 0.4) is 0 Å². The summed E-state index contributed by atoms with van der Waals surface area (Å²) in [5.74, 6) is -2.15. The van der Waals surface area contributed by atoms with Gasteiger partial charge in [0, 0.05) is 17.1 Å². The van der Waals surface area contributed by atoms with Crippen LogP contribution in [-0.4, -0.2) is 49.6 Å². The zero-order chi connectivity index (χ0) is 25.0. The first-order chi connectivity index (χ1) is 17.4. The molecule has 2 aliphatic heterocycles. The van der Waals surface area contributed by atoms with Crippen LogP contribution < -0.4 is 10.6 Å². The largest absolute Gasteiger partial charge is 0.379 e. The first-order valence-electron chi connectivity index (χ1n) is 11.7. The summed E-state index contributed by atoms with van der Waals surface area (Å²) in [7, 11) is 0. The molecule has 1 aromatic heterocycles. The maximum absolute atomic E-state index is 13.2. The Hall–Kier alpha value is -4.05. The Bertz CT molecular complexity index is 1450. The second-order valence-corrected chi connectivity index (χ2v) is 9.55. The minimum Gasteiger partial charge on any atom is -0.379 e. The molecule has 1 saturated heterocycles. The summed E-state index contributed by atoms with van der Waals surface area (Å²) in [5, 5.41) is 14.7. The van der Waals surface area contributed by atoms with Crippen LogP contribution in [0.2, 0.25) is 5.02 Å². The molecule has 2 atom stereocenters. The van der Waals surface area contributed by atoms with Gasteiger partial charge in [-0.15, -0.1) is 5.10 Å². The SMILES string of the molecule is O=C1CCC(N2C(=O)c3cccc(NCc4cn([C@@H]5CCc6cc(Cl)ccc65)nn4)c3C2=O)C(=O)N1. The summed E-state index contributed by atoms with van der Waals surface area (Å²) in [6.45, 7) is 0.288. The van der Waals surface area contributed by atoms with Crippen molar-refractivity contribution in [3.63, 3.8) is 0 Å². The Balaban J connectivity index is 1.20. The number of anilines is 1. The molecular weight excluding hydrogens is 484 g/mol. The zero-order valence-electron chi connectivity index (χ0n) is 19.0. The molecule has 182 valence electrons. The molecule has 1 unspecified atom stereocenters. The zero-order valence-corrected chi connectivity index (χ0v) is 19.8. The van der Waals surface area contributed by atoms with E-state index in [9.17, 15) is 19.2 Å². The molecule has 11 heteroatoms. The number of aryl methyl sites for hydroxylation is 1. The minimum atomic E-state index is -1.01. The van der Waals surface area contributed by atoms with Crippen LogP contribution >= 0.6 is 11.6 Å². The van der Waals surface area contributed by atoms with Crippen molar-refractivity contribution in [3.8, 4) is 0 Å². The number of amides is 4. The molecule has 2 N–H and O–H groups in total. The monoisotopic (exact) mass is 504 g/mol. The molecular formula is C25H21ClN6O4. The smallest absolute Gasteiger partial charge is 0.264 e. The van der Waals surface area contributed by atoms with E-state index in [-0.39, 0.29) is 36.6 Å². The topological polar surface area (TPSA) is 126 Å². The van der Waals surface area contributed by atoms with Crippen LogP contribution in [0.5, 0.6) is 0 Å². The van der Waals surface area contributed by atoms with Gasteiger partial charge in [-0.25, -0.2) is 4.68 Å². The number of carbonyl (C=O) groups is 4. The van der Waals surface area contributed by atoms with Gasteiger partial charge in [0.15, 0.2) is 0 Å². The molecule has 6 rings (SSSR count). The molecule has 0 saturated carbocycles. The fourth-order valence-corrected chi connectivity index (χ4v) is 5.43. The van der Waals surface area contributed by atoms with E-state index < -0.39 is 29.7 Å². The molecule has 36 heavy (non-hydrogen) atoms. The van der Waals surface area contributed by atoms with E-state index in [4.69, 9.17) is 11.6 Å². The van der Waals surface area contributed by atoms with E-state index in [1.165, 1.54) is 11.1 Å². The molecule has 2 aromatic carbocycles. The van der Waals surface area contributed by atoms with Gasteiger partial charge in [-0.1, -0.05) is 28.9 Å². The Labute approximate surface area is 210 Å². The quantitative estimate of drug-likeness (QED) is 0.511. The first kappa shape index (κ1) is 22.4. The molecule has 1 aliphatic carbocycles. The van der Waals surface area contributed by atoms with Crippen molar-refractivity contribution in [3.05, 3.63) is 75.6 Å². The molecule has 3 heterocycles. The lowest BCUT2D eigenvalue weighted by Gasteiger charge is -2.27. The third-order valence-electron chi connectivity index (χ3n) is 6.96. The highest BCUT2D eigenvalue weighted by atomic mass is 35.5. The van der Waals surface area contributed by atoms with Crippen LogP contribution in [0.4, 0.5) is 5.69 Å². The molecule has 4 amide bonds. The van der Waals surface area contributed by atoms with Gasteiger partial charge in [0.1, 0.15) is 11.7 Å². The fourth-order valence-electron chi connectivity index (χ4n) is 5.23. The van der Waals surface area contributed by atoms with E-state index >= 15 is 0 Å². The summed E-state index contributed by atoms with van der Waals surface area (Å²) in [6.07, 6.45) is 3.88. The molecule has 3 aliphatic rings. The Morgan fingerprint density at radius 2 is 1.86 bits per heavy atom. The van der Waals surface area contributed by atoms with Gasteiger partial charge in [-0.2, -0.15) is 0 Å². The van der Waals surface area contributed by atoms with Crippen molar-refractivity contribution in [2.45, 2.75) is 44.3 Å². The van der Waals surface area contributed by atoms with Gasteiger partial charge in [0.25, 0.3) is 11.8 Å². The second-order valence-electron chi connectivity index (χ2n) is 9.12. The van der Waals surface area contributed by atoms with Gasteiger partial charge in [0.2, 0.25) is 11.8 Å². The third-order valence-corrected chi connectivity index (χ3v) is 7.19. The minimum absolute atomic E-state index is 0.0725. The summed E-state index contributed by atoms with van der Waals surface area (Å²) < 4.78 is 1.84. The lowest BCUT2D eigenvalue weighted by Crippen LogP contribution is -2.54. The molecule has 3 aromatic rings. The number of fused-ring (bicyclic) bond motifs is 2. The highest BCUT2D eigenvalue weighted by Crippen LogP contribution is 2.36. The van der Waals surface area contributed by atoms with Gasteiger partial charge < -0.3 is 5.32 Å². The number of halogens is 1. The molecule has 0 bridgehead atoms. The highest BCUT2D eigenvalue weighted by Gasteiger charge is 2.45. The van der Waals surface area contributed by atoms with E-state index in [1.807, 2.05) is 29.1 Å². The number of nitrogens with one attached hydrogen (secondary N) is 2. The molecule has 0 spiro atoms. The van der Waals surface area contributed by atoms with Crippen molar-refractivity contribution in [1.82, 2.24) is 25.2 Å². The Kier molecular flexibility index (Phi) is 5.33. The van der Waals surface area contributed by atoms with Crippen LogP contribution in [0.1, 0.15) is 62.8 Å². The van der Waals surface area contributed by atoms with E-state index in [2.05, 4.69) is 20.9 Å². The predicted octanol–water partition coefficient (Wildman–Crippen LogP) is 2.48. The van der Waals surface area contributed by atoms with Crippen LogP contribution in [0, 0.1) is 0 Å². The number of piperidine rings is 1.